The van der Waals surface area contributed by atoms with E-state index in [1.807, 2.05) is 41.3 Å². The van der Waals surface area contributed by atoms with Crippen LogP contribution < -0.4 is 10.2 Å². The number of hydrogen-bond donors (Lipinski definition) is 1. The molecule has 0 aromatic heterocycles. The van der Waals surface area contributed by atoms with E-state index in [4.69, 9.17) is 11.6 Å². The van der Waals surface area contributed by atoms with Gasteiger partial charge in [-0.05, 0) is 24.6 Å². The van der Waals surface area contributed by atoms with Crippen LogP contribution in [0, 0.1) is 6.92 Å². The second-order valence-corrected chi connectivity index (χ2v) is 6.48. The van der Waals surface area contributed by atoms with Crippen LogP contribution in [0.5, 0.6) is 0 Å². The SMILES string of the molecule is Cc1ccc(CNC(=O)N2CCN(c3ccccc3Cl)CC2)cc1. The number of nitrogens with zero attached hydrogens (tertiary/aromatic N) is 2. The predicted molar refractivity (Wildman–Crippen MR) is 98.7 cm³/mol. The number of carbonyl (C=O) groups excluding carboxylic acids is 1. The summed E-state index contributed by atoms with van der Waals surface area (Å²) in [5.41, 5.74) is 3.38. The molecular weight excluding hydrogens is 322 g/mol. The zero-order chi connectivity index (χ0) is 16.9. The highest BCUT2D eigenvalue weighted by Crippen LogP contribution is 2.25. The second kappa shape index (κ2) is 7.58. The molecule has 1 N–H and O–H groups in total. The quantitative estimate of drug-likeness (QED) is 0.922. The lowest BCUT2D eigenvalue weighted by Crippen LogP contribution is -2.51. The fourth-order valence-electron chi connectivity index (χ4n) is 2.85. The van der Waals surface area contributed by atoms with Gasteiger partial charge in [-0.25, -0.2) is 4.79 Å². The molecule has 3 rings (SSSR count). The maximum Gasteiger partial charge on any atom is 0.317 e. The molecule has 0 radical (unpaired) electrons. The third-order valence-electron chi connectivity index (χ3n) is 4.32. The van der Waals surface area contributed by atoms with Gasteiger partial charge in [-0.1, -0.05) is 53.6 Å². The summed E-state index contributed by atoms with van der Waals surface area (Å²) >= 11 is 6.25. The van der Waals surface area contributed by atoms with Gasteiger partial charge in [-0.15, -0.1) is 0 Å². The minimum absolute atomic E-state index is 0.00520. The zero-order valence-electron chi connectivity index (χ0n) is 13.8. The Balaban J connectivity index is 1.50. The van der Waals surface area contributed by atoms with Crippen LogP contribution in [0.4, 0.5) is 10.5 Å². The van der Waals surface area contributed by atoms with E-state index in [-0.39, 0.29) is 6.03 Å². The Morgan fingerprint density at radius 1 is 1.04 bits per heavy atom. The third kappa shape index (κ3) is 4.01. The van der Waals surface area contributed by atoms with Crippen LogP contribution in [-0.4, -0.2) is 37.1 Å². The lowest BCUT2D eigenvalue weighted by Gasteiger charge is -2.36. The molecule has 2 aromatic carbocycles. The Hall–Kier alpha value is -2.20. The first-order valence-corrected chi connectivity index (χ1v) is 8.59. The van der Waals surface area contributed by atoms with E-state index < -0.39 is 0 Å². The molecule has 0 bridgehead atoms. The Kier molecular flexibility index (Phi) is 5.26. The Bertz CT molecular complexity index is 694. The van der Waals surface area contributed by atoms with E-state index in [0.717, 1.165) is 29.4 Å². The number of aryl methyl sites for hydroxylation is 1. The van der Waals surface area contributed by atoms with Crippen LogP contribution in [0.2, 0.25) is 5.02 Å². The van der Waals surface area contributed by atoms with Crippen molar-refractivity contribution in [3.05, 3.63) is 64.7 Å². The van der Waals surface area contributed by atoms with Crippen molar-refractivity contribution in [3.8, 4) is 0 Å². The normalized spacial score (nSPS) is 14.6. The fourth-order valence-corrected chi connectivity index (χ4v) is 3.11. The zero-order valence-corrected chi connectivity index (χ0v) is 14.6. The molecule has 1 aliphatic rings. The third-order valence-corrected chi connectivity index (χ3v) is 4.64. The van der Waals surface area contributed by atoms with E-state index in [2.05, 4.69) is 29.3 Å². The number of rotatable bonds is 3. The minimum Gasteiger partial charge on any atom is -0.367 e. The second-order valence-electron chi connectivity index (χ2n) is 6.07. The van der Waals surface area contributed by atoms with Gasteiger partial charge in [0.1, 0.15) is 0 Å². The molecular formula is C19H22ClN3O. The van der Waals surface area contributed by atoms with Gasteiger partial charge in [0.15, 0.2) is 0 Å². The van der Waals surface area contributed by atoms with Crippen molar-refractivity contribution in [2.45, 2.75) is 13.5 Å². The number of piperazine rings is 1. The van der Waals surface area contributed by atoms with E-state index in [1.54, 1.807) is 0 Å². The molecule has 0 aliphatic carbocycles. The first-order valence-electron chi connectivity index (χ1n) is 8.21. The topological polar surface area (TPSA) is 35.6 Å². The number of hydrogen-bond acceptors (Lipinski definition) is 2. The summed E-state index contributed by atoms with van der Waals surface area (Å²) in [6.07, 6.45) is 0. The van der Waals surface area contributed by atoms with Gasteiger partial charge in [-0.2, -0.15) is 0 Å². The predicted octanol–water partition coefficient (Wildman–Crippen LogP) is 3.68. The maximum absolute atomic E-state index is 12.3. The standard InChI is InChI=1S/C19H22ClN3O/c1-15-6-8-16(9-7-15)14-21-19(24)23-12-10-22(11-13-23)18-5-3-2-4-17(18)20/h2-9H,10-14H2,1H3,(H,21,24). The summed E-state index contributed by atoms with van der Waals surface area (Å²) in [6.45, 7) is 5.60. The number of anilines is 1. The molecule has 5 heteroatoms. The summed E-state index contributed by atoms with van der Waals surface area (Å²) < 4.78 is 0. The largest absolute Gasteiger partial charge is 0.367 e. The molecule has 1 aliphatic heterocycles. The van der Waals surface area contributed by atoms with Crippen molar-refractivity contribution in [1.29, 1.82) is 0 Å². The van der Waals surface area contributed by atoms with E-state index in [9.17, 15) is 4.79 Å². The van der Waals surface area contributed by atoms with Crippen LogP contribution >= 0.6 is 11.6 Å². The average Bonchev–Trinajstić information content (AvgIpc) is 2.61. The first-order chi connectivity index (χ1) is 11.6. The van der Waals surface area contributed by atoms with Crippen LogP contribution in [0.3, 0.4) is 0 Å². The number of carbonyl (C=O) groups is 1. The smallest absolute Gasteiger partial charge is 0.317 e. The van der Waals surface area contributed by atoms with Crippen LogP contribution in [0.1, 0.15) is 11.1 Å². The molecule has 0 spiro atoms. The number of halogens is 1. The van der Waals surface area contributed by atoms with Gasteiger partial charge in [0.25, 0.3) is 0 Å². The number of urea groups is 1. The van der Waals surface area contributed by atoms with Crippen LogP contribution in [0.15, 0.2) is 48.5 Å². The summed E-state index contributed by atoms with van der Waals surface area (Å²) in [6, 6.07) is 16.0. The number of para-hydroxylation sites is 1. The number of benzene rings is 2. The summed E-state index contributed by atoms with van der Waals surface area (Å²) in [5.74, 6) is 0. The van der Waals surface area contributed by atoms with Gasteiger partial charge in [-0.3, -0.25) is 0 Å². The molecule has 2 aromatic rings. The van der Waals surface area contributed by atoms with Gasteiger partial charge in [0, 0.05) is 32.7 Å². The van der Waals surface area contributed by atoms with Crippen molar-refractivity contribution >= 4 is 23.3 Å². The van der Waals surface area contributed by atoms with Crippen LogP contribution in [0.25, 0.3) is 0 Å². The molecule has 2 amide bonds. The summed E-state index contributed by atoms with van der Waals surface area (Å²) in [5, 5.41) is 3.76. The average molecular weight is 344 g/mol. The monoisotopic (exact) mass is 343 g/mol. The fraction of sp³-hybridized carbons (Fsp3) is 0.316. The molecule has 1 saturated heterocycles. The molecule has 0 unspecified atom stereocenters. The first kappa shape index (κ1) is 16.7. The van der Waals surface area contributed by atoms with Gasteiger partial charge in [0.2, 0.25) is 0 Å². The Labute approximate surface area is 148 Å². The molecule has 24 heavy (non-hydrogen) atoms. The lowest BCUT2D eigenvalue weighted by atomic mass is 10.1. The Morgan fingerprint density at radius 2 is 1.71 bits per heavy atom. The Morgan fingerprint density at radius 3 is 2.38 bits per heavy atom. The van der Waals surface area contributed by atoms with E-state index in [0.29, 0.717) is 19.6 Å². The highest BCUT2D eigenvalue weighted by atomic mass is 35.5. The number of amides is 2. The highest BCUT2D eigenvalue weighted by Gasteiger charge is 2.22. The van der Waals surface area contributed by atoms with Gasteiger partial charge < -0.3 is 15.1 Å². The maximum atomic E-state index is 12.3. The highest BCUT2D eigenvalue weighted by molar-refractivity contribution is 6.33. The molecule has 4 nitrogen and oxygen atoms in total. The van der Waals surface area contributed by atoms with Crippen molar-refractivity contribution in [2.75, 3.05) is 31.1 Å². The van der Waals surface area contributed by atoms with Crippen molar-refractivity contribution in [3.63, 3.8) is 0 Å². The number of nitrogens with one attached hydrogen (secondary N) is 1. The lowest BCUT2D eigenvalue weighted by molar-refractivity contribution is 0.194. The van der Waals surface area contributed by atoms with E-state index in [1.165, 1.54) is 5.56 Å². The van der Waals surface area contributed by atoms with Gasteiger partial charge in [0.05, 0.1) is 10.7 Å². The molecule has 1 fully saturated rings. The van der Waals surface area contributed by atoms with Crippen LogP contribution in [-0.2, 0) is 6.54 Å². The summed E-state index contributed by atoms with van der Waals surface area (Å²) in [4.78, 5) is 16.4. The summed E-state index contributed by atoms with van der Waals surface area (Å²) in [7, 11) is 0. The van der Waals surface area contributed by atoms with Crippen molar-refractivity contribution in [1.82, 2.24) is 10.2 Å². The molecule has 126 valence electrons. The van der Waals surface area contributed by atoms with Gasteiger partial charge >= 0.3 is 6.03 Å². The molecule has 1 heterocycles. The van der Waals surface area contributed by atoms with Crippen molar-refractivity contribution in [2.24, 2.45) is 0 Å². The van der Waals surface area contributed by atoms with E-state index >= 15 is 0 Å². The van der Waals surface area contributed by atoms with Crippen molar-refractivity contribution < 1.29 is 4.79 Å². The minimum atomic E-state index is -0.00520. The molecule has 0 atom stereocenters. The molecule has 0 saturated carbocycles.